The first-order chi connectivity index (χ1) is 25.2. The van der Waals surface area contributed by atoms with Crippen LogP contribution >= 0.6 is 0 Å². The lowest BCUT2D eigenvalue weighted by Gasteiger charge is -2.16. The van der Waals surface area contributed by atoms with Crippen LogP contribution in [0, 0.1) is 6.92 Å². The molecule has 0 aliphatic heterocycles. The molecule has 0 saturated carbocycles. The minimum absolute atomic E-state index is 1.18. The van der Waals surface area contributed by atoms with E-state index in [9.17, 15) is 0 Å². The van der Waals surface area contributed by atoms with Crippen molar-refractivity contribution < 1.29 is 0 Å². The third-order valence-corrected chi connectivity index (χ3v) is 10.6. The zero-order valence-corrected chi connectivity index (χ0v) is 28.3. The Bertz CT molecular complexity index is 2960. The van der Waals surface area contributed by atoms with Crippen molar-refractivity contribution in [1.29, 1.82) is 0 Å². The Labute approximate surface area is 297 Å². The minimum Gasteiger partial charge on any atom is -0.265 e. The molecule has 0 aliphatic carbocycles. The number of fused-ring (bicyclic) bond motifs is 7. The fourth-order valence-electron chi connectivity index (χ4n) is 8.09. The molecule has 10 rings (SSSR count). The molecule has 0 N–H and O–H groups in total. The van der Waals surface area contributed by atoms with Crippen molar-refractivity contribution >= 4 is 53.9 Å². The summed E-state index contributed by atoms with van der Waals surface area (Å²) in [5, 5.41) is 12.8. The SMILES string of the molecule is Cc1cccc2ccc3cccc(-c4cccc5ccc6cc(-c7ccc(-c8ccc9cc(-c%10ccncc%10)ccc9c8)cc7)ccc6c45)c3c12. The van der Waals surface area contributed by atoms with Crippen molar-refractivity contribution in [2.75, 3.05) is 0 Å². The maximum Gasteiger partial charge on any atom is 0.0273 e. The first-order valence-corrected chi connectivity index (χ1v) is 17.6. The molecule has 0 aliphatic rings. The number of hydrogen-bond donors (Lipinski definition) is 0. The van der Waals surface area contributed by atoms with E-state index in [0.717, 1.165) is 0 Å². The number of rotatable bonds is 4. The molecule has 9 aromatic carbocycles. The summed E-state index contributed by atoms with van der Waals surface area (Å²) < 4.78 is 0. The van der Waals surface area contributed by atoms with E-state index in [1.165, 1.54) is 104 Å². The van der Waals surface area contributed by atoms with Gasteiger partial charge in [-0.25, -0.2) is 0 Å². The van der Waals surface area contributed by atoms with Gasteiger partial charge in [-0.3, -0.25) is 4.98 Å². The second-order valence-corrected chi connectivity index (χ2v) is 13.6. The molecule has 238 valence electrons. The predicted molar refractivity (Wildman–Crippen MR) is 218 cm³/mol. The number of aromatic nitrogens is 1. The highest BCUT2D eigenvalue weighted by atomic mass is 14.6. The summed E-state index contributed by atoms with van der Waals surface area (Å²) in [5.41, 5.74) is 11.1. The van der Waals surface area contributed by atoms with Gasteiger partial charge in [0.05, 0.1) is 0 Å². The van der Waals surface area contributed by atoms with E-state index in [1.807, 2.05) is 12.4 Å². The number of nitrogens with zero attached hydrogens (tertiary/aromatic N) is 1. The number of benzene rings is 9. The van der Waals surface area contributed by atoms with Crippen LogP contribution in [0.1, 0.15) is 5.56 Å². The Morgan fingerprint density at radius 2 is 0.745 bits per heavy atom. The van der Waals surface area contributed by atoms with Crippen LogP contribution < -0.4 is 0 Å². The van der Waals surface area contributed by atoms with E-state index in [1.54, 1.807) is 0 Å². The molecule has 0 spiro atoms. The quantitative estimate of drug-likeness (QED) is 0.173. The van der Waals surface area contributed by atoms with E-state index in [2.05, 4.69) is 182 Å². The molecule has 0 bridgehead atoms. The minimum atomic E-state index is 1.18. The summed E-state index contributed by atoms with van der Waals surface area (Å²) in [6.45, 7) is 2.23. The second kappa shape index (κ2) is 11.8. The summed E-state index contributed by atoms with van der Waals surface area (Å²) in [7, 11) is 0. The first-order valence-electron chi connectivity index (χ1n) is 17.6. The molecule has 0 fully saturated rings. The Hall–Kier alpha value is -6.57. The highest BCUT2D eigenvalue weighted by molar-refractivity contribution is 6.21. The zero-order chi connectivity index (χ0) is 33.9. The molecule has 0 atom stereocenters. The van der Waals surface area contributed by atoms with E-state index < -0.39 is 0 Å². The molecule has 10 aromatic rings. The molecule has 0 radical (unpaired) electrons. The van der Waals surface area contributed by atoms with Crippen LogP contribution in [0.5, 0.6) is 0 Å². The first kappa shape index (κ1) is 29.4. The van der Waals surface area contributed by atoms with Crippen LogP contribution in [0.25, 0.3) is 98.4 Å². The lowest BCUT2D eigenvalue weighted by molar-refractivity contribution is 1.33. The Balaban J connectivity index is 1.03. The largest absolute Gasteiger partial charge is 0.265 e. The Morgan fingerprint density at radius 1 is 0.314 bits per heavy atom. The van der Waals surface area contributed by atoms with Gasteiger partial charge in [-0.1, -0.05) is 140 Å². The van der Waals surface area contributed by atoms with Gasteiger partial charge in [0.25, 0.3) is 0 Å². The van der Waals surface area contributed by atoms with Crippen molar-refractivity contribution in [2.45, 2.75) is 6.92 Å². The highest BCUT2D eigenvalue weighted by Crippen LogP contribution is 2.41. The van der Waals surface area contributed by atoms with Gasteiger partial charge < -0.3 is 0 Å². The monoisotopic (exact) mass is 647 g/mol. The summed E-state index contributed by atoms with van der Waals surface area (Å²) in [6, 6.07) is 62.7. The molecular weight excluding hydrogens is 615 g/mol. The van der Waals surface area contributed by atoms with E-state index in [0.29, 0.717) is 0 Å². The summed E-state index contributed by atoms with van der Waals surface area (Å²) in [6.07, 6.45) is 3.69. The molecule has 0 saturated heterocycles. The lowest BCUT2D eigenvalue weighted by Crippen LogP contribution is -1.89. The summed E-state index contributed by atoms with van der Waals surface area (Å²) in [5.74, 6) is 0. The van der Waals surface area contributed by atoms with Crippen molar-refractivity contribution in [3.8, 4) is 44.5 Å². The number of pyridine rings is 1. The smallest absolute Gasteiger partial charge is 0.0273 e. The van der Waals surface area contributed by atoms with Crippen LogP contribution in [0.2, 0.25) is 0 Å². The molecule has 51 heavy (non-hydrogen) atoms. The van der Waals surface area contributed by atoms with Gasteiger partial charge in [0.2, 0.25) is 0 Å². The van der Waals surface area contributed by atoms with E-state index >= 15 is 0 Å². The molecule has 1 aromatic heterocycles. The predicted octanol–water partition coefficient (Wildman–Crippen LogP) is 13.8. The fraction of sp³-hybridized carbons (Fsp3) is 0.0200. The topological polar surface area (TPSA) is 12.9 Å². The van der Waals surface area contributed by atoms with Gasteiger partial charge in [0, 0.05) is 12.4 Å². The molecule has 1 heterocycles. The van der Waals surface area contributed by atoms with Gasteiger partial charge in [-0.15, -0.1) is 0 Å². The van der Waals surface area contributed by atoms with Gasteiger partial charge in [-0.05, 0) is 141 Å². The number of aryl methyl sites for hydroxylation is 1. The Kier molecular flexibility index (Phi) is 6.79. The van der Waals surface area contributed by atoms with Crippen molar-refractivity contribution in [2.24, 2.45) is 0 Å². The maximum absolute atomic E-state index is 4.16. The van der Waals surface area contributed by atoms with Crippen LogP contribution in [0.4, 0.5) is 0 Å². The third-order valence-electron chi connectivity index (χ3n) is 10.6. The van der Waals surface area contributed by atoms with E-state index in [4.69, 9.17) is 0 Å². The van der Waals surface area contributed by atoms with Crippen LogP contribution in [-0.2, 0) is 0 Å². The van der Waals surface area contributed by atoms with Crippen LogP contribution in [0.3, 0.4) is 0 Å². The average molecular weight is 648 g/mol. The zero-order valence-electron chi connectivity index (χ0n) is 28.3. The van der Waals surface area contributed by atoms with Gasteiger partial charge in [-0.2, -0.15) is 0 Å². The molecule has 0 amide bonds. The molecule has 1 heteroatoms. The van der Waals surface area contributed by atoms with Gasteiger partial charge in [0.15, 0.2) is 0 Å². The fourth-order valence-corrected chi connectivity index (χ4v) is 8.09. The molecule has 1 nitrogen and oxygen atoms in total. The Morgan fingerprint density at radius 3 is 1.37 bits per heavy atom. The lowest BCUT2D eigenvalue weighted by atomic mass is 9.88. The van der Waals surface area contributed by atoms with Crippen LogP contribution in [0.15, 0.2) is 182 Å². The van der Waals surface area contributed by atoms with Gasteiger partial charge in [0.1, 0.15) is 0 Å². The summed E-state index contributed by atoms with van der Waals surface area (Å²) >= 11 is 0. The average Bonchev–Trinajstić information content (AvgIpc) is 3.20. The van der Waals surface area contributed by atoms with Crippen LogP contribution in [-0.4, -0.2) is 4.98 Å². The molecule has 0 unspecified atom stereocenters. The third kappa shape index (κ3) is 4.97. The standard InChI is InChI=1S/C50H33N/c1-32-5-2-6-36-15-16-38-8-4-10-47(50(38)48(32)36)46-9-3-7-37-17-22-44-31-41(23-24-45(44)49(37)46)34-13-11-33(12-14-34)39-18-20-43-30-40(19-21-42(43)29-39)35-25-27-51-28-26-35/h2-31H,1H3. The normalized spacial score (nSPS) is 11.6. The second-order valence-electron chi connectivity index (χ2n) is 13.6. The van der Waals surface area contributed by atoms with Gasteiger partial charge >= 0.3 is 0 Å². The van der Waals surface area contributed by atoms with Crippen molar-refractivity contribution in [3.63, 3.8) is 0 Å². The molecular formula is C50H33N. The number of hydrogen-bond acceptors (Lipinski definition) is 1. The summed E-state index contributed by atoms with van der Waals surface area (Å²) in [4.78, 5) is 4.16. The van der Waals surface area contributed by atoms with Crippen molar-refractivity contribution in [1.82, 2.24) is 4.98 Å². The van der Waals surface area contributed by atoms with E-state index in [-0.39, 0.29) is 0 Å². The highest BCUT2D eigenvalue weighted by Gasteiger charge is 2.14. The van der Waals surface area contributed by atoms with Crippen molar-refractivity contribution in [3.05, 3.63) is 188 Å². The maximum atomic E-state index is 4.16.